The lowest BCUT2D eigenvalue weighted by molar-refractivity contribution is 0.478. The summed E-state index contributed by atoms with van der Waals surface area (Å²) < 4.78 is 0. The zero-order chi connectivity index (χ0) is 13.9. The van der Waals surface area contributed by atoms with Crippen LogP contribution in [0.4, 0.5) is 0 Å². The molecule has 100 valence electrons. The predicted molar refractivity (Wildman–Crippen MR) is 82.5 cm³/mol. The molecule has 0 bridgehead atoms. The molecule has 2 N–H and O–H groups in total. The highest BCUT2D eigenvalue weighted by molar-refractivity contribution is 5.36. The number of nitrogens with two attached hydrogens (primary N) is 1. The van der Waals surface area contributed by atoms with Crippen molar-refractivity contribution in [1.29, 1.82) is 0 Å². The van der Waals surface area contributed by atoms with E-state index in [1.807, 2.05) is 0 Å². The van der Waals surface area contributed by atoms with Crippen molar-refractivity contribution in [3.05, 3.63) is 70.8 Å². The monoisotopic (exact) mass is 253 g/mol. The van der Waals surface area contributed by atoms with E-state index in [4.69, 9.17) is 5.73 Å². The third kappa shape index (κ3) is 3.05. The summed E-state index contributed by atoms with van der Waals surface area (Å²) in [7, 11) is 0. The fourth-order valence-electron chi connectivity index (χ4n) is 2.80. The van der Waals surface area contributed by atoms with Gasteiger partial charge in [-0.25, -0.2) is 0 Å². The minimum atomic E-state index is -0.000856. The molecule has 0 spiro atoms. The highest BCUT2D eigenvalue weighted by Gasteiger charge is 2.26. The van der Waals surface area contributed by atoms with E-state index in [9.17, 15) is 0 Å². The van der Waals surface area contributed by atoms with Crippen LogP contribution in [0.2, 0.25) is 0 Å². The molecule has 0 fully saturated rings. The Hall–Kier alpha value is -1.60. The molecular formula is C18H23N. The maximum Gasteiger partial charge on any atom is 0.00902 e. The van der Waals surface area contributed by atoms with Crippen LogP contribution in [0.5, 0.6) is 0 Å². The van der Waals surface area contributed by atoms with Gasteiger partial charge in [0.15, 0.2) is 0 Å². The van der Waals surface area contributed by atoms with E-state index < -0.39 is 0 Å². The molecule has 0 radical (unpaired) electrons. The van der Waals surface area contributed by atoms with Crippen molar-refractivity contribution in [2.75, 3.05) is 6.54 Å². The molecule has 1 atom stereocenters. The van der Waals surface area contributed by atoms with Gasteiger partial charge in [0.1, 0.15) is 0 Å². The lowest BCUT2D eigenvalue weighted by atomic mass is 9.75. The van der Waals surface area contributed by atoms with Crippen molar-refractivity contribution < 1.29 is 0 Å². The molecule has 1 heteroatoms. The molecule has 0 aliphatic rings. The fourth-order valence-corrected chi connectivity index (χ4v) is 2.80. The van der Waals surface area contributed by atoms with Gasteiger partial charge in [-0.05, 0) is 37.0 Å². The Balaban J connectivity index is 2.36. The molecule has 0 saturated heterocycles. The van der Waals surface area contributed by atoms with E-state index in [1.54, 1.807) is 0 Å². The summed E-state index contributed by atoms with van der Waals surface area (Å²) in [6.07, 6.45) is 0.982. The highest BCUT2D eigenvalue weighted by Crippen LogP contribution is 2.29. The number of hydrogen-bond acceptors (Lipinski definition) is 1. The highest BCUT2D eigenvalue weighted by atomic mass is 14.6. The zero-order valence-corrected chi connectivity index (χ0v) is 12.1. The van der Waals surface area contributed by atoms with Gasteiger partial charge < -0.3 is 5.73 Å². The summed E-state index contributed by atoms with van der Waals surface area (Å²) in [4.78, 5) is 0. The number of hydrogen-bond donors (Lipinski definition) is 1. The van der Waals surface area contributed by atoms with Gasteiger partial charge in [0.2, 0.25) is 0 Å². The molecule has 2 aromatic carbocycles. The summed E-state index contributed by atoms with van der Waals surface area (Å²) in [6.45, 7) is 7.22. The first-order chi connectivity index (χ1) is 9.05. The third-order valence-corrected chi connectivity index (χ3v) is 3.92. The normalized spacial score (nSPS) is 14.1. The Morgan fingerprint density at radius 1 is 1.00 bits per heavy atom. The molecule has 2 aromatic rings. The summed E-state index contributed by atoms with van der Waals surface area (Å²) >= 11 is 0. The Bertz CT molecular complexity index is 559. The molecule has 0 heterocycles. The SMILES string of the molecule is Cc1cccc(CC(C)(CN)c2ccccc2C)c1. The van der Waals surface area contributed by atoms with Gasteiger partial charge >= 0.3 is 0 Å². The standard InChI is InChI=1S/C18H23N/c1-14-7-6-9-16(11-14)12-18(3,13-19)17-10-5-4-8-15(17)2/h4-11H,12-13,19H2,1-3H3. The van der Waals surface area contributed by atoms with Crippen LogP contribution in [0, 0.1) is 13.8 Å². The Morgan fingerprint density at radius 2 is 1.74 bits per heavy atom. The van der Waals surface area contributed by atoms with Crippen molar-refractivity contribution in [3.63, 3.8) is 0 Å². The zero-order valence-electron chi connectivity index (χ0n) is 12.1. The Kier molecular flexibility index (Phi) is 4.06. The van der Waals surface area contributed by atoms with E-state index >= 15 is 0 Å². The average molecular weight is 253 g/mol. The van der Waals surface area contributed by atoms with Crippen LogP contribution in [-0.4, -0.2) is 6.54 Å². The van der Waals surface area contributed by atoms with Crippen molar-refractivity contribution in [2.45, 2.75) is 32.6 Å². The molecule has 0 saturated carbocycles. The van der Waals surface area contributed by atoms with E-state index in [1.165, 1.54) is 22.3 Å². The molecule has 0 aromatic heterocycles. The third-order valence-electron chi connectivity index (χ3n) is 3.92. The topological polar surface area (TPSA) is 26.0 Å². The molecule has 0 aliphatic heterocycles. The summed E-state index contributed by atoms with van der Waals surface area (Å²) in [6, 6.07) is 17.3. The first kappa shape index (κ1) is 13.8. The van der Waals surface area contributed by atoms with Crippen LogP contribution < -0.4 is 5.73 Å². The fraction of sp³-hybridized carbons (Fsp3) is 0.333. The summed E-state index contributed by atoms with van der Waals surface area (Å²) in [5.41, 5.74) is 11.4. The smallest absolute Gasteiger partial charge is 0.00902 e. The summed E-state index contributed by atoms with van der Waals surface area (Å²) in [5.74, 6) is 0. The van der Waals surface area contributed by atoms with Crippen LogP contribution in [0.1, 0.15) is 29.2 Å². The Labute approximate surface area is 116 Å². The lowest BCUT2D eigenvalue weighted by Gasteiger charge is -2.30. The number of benzene rings is 2. The van der Waals surface area contributed by atoms with Gasteiger partial charge in [-0.3, -0.25) is 0 Å². The predicted octanol–water partition coefficient (Wildman–Crippen LogP) is 3.76. The second-order valence-electron chi connectivity index (χ2n) is 5.75. The molecule has 1 nitrogen and oxygen atoms in total. The second-order valence-corrected chi connectivity index (χ2v) is 5.75. The van der Waals surface area contributed by atoms with E-state index in [-0.39, 0.29) is 5.41 Å². The minimum Gasteiger partial charge on any atom is -0.330 e. The van der Waals surface area contributed by atoms with Crippen LogP contribution in [0.25, 0.3) is 0 Å². The molecule has 0 aliphatic carbocycles. The first-order valence-electron chi connectivity index (χ1n) is 6.87. The van der Waals surface area contributed by atoms with Crippen molar-refractivity contribution in [1.82, 2.24) is 0 Å². The molecule has 0 amide bonds. The largest absolute Gasteiger partial charge is 0.330 e. The van der Waals surface area contributed by atoms with Gasteiger partial charge in [-0.2, -0.15) is 0 Å². The molecular weight excluding hydrogens is 230 g/mol. The molecule has 1 unspecified atom stereocenters. The van der Waals surface area contributed by atoms with Crippen LogP contribution in [-0.2, 0) is 11.8 Å². The lowest BCUT2D eigenvalue weighted by Crippen LogP contribution is -2.35. The van der Waals surface area contributed by atoms with Crippen LogP contribution in [0.3, 0.4) is 0 Å². The maximum absolute atomic E-state index is 6.09. The van der Waals surface area contributed by atoms with Gasteiger partial charge in [0, 0.05) is 12.0 Å². The van der Waals surface area contributed by atoms with Crippen LogP contribution >= 0.6 is 0 Å². The Morgan fingerprint density at radius 3 is 2.37 bits per heavy atom. The quantitative estimate of drug-likeness (QED) is 0.882. The number of aryl methyl sites for hydroxylation is 2. The van der Waals surface area contributed by atoms with E-state index in [0.29, 0.717) is 6.54 Å². The second kappa shape index (κ2) is 5.58. The minimum absolute atomic E-state index is 0.000856. The van der Waals surface area contributed by atoms with E-state index in [0.717, 1.165) is 6.42 Å². The van der Waals surface area contributed by atoms with E-state index in [2.05, 4.69) is 69.3 Å². The van der Waals surface area contributed by atoms with Gasteiger partial charge in [0.25, 0.3) is 0 Å². The van der Waals surface area contributed by atoms with Gasteiger partial charge in [0.05, 0.1) is 0 Å². The maximum atomic E-state index is 6.09. The average Bonchev–Trinajstić information content (AvgIpc) is 2.39. The molecule has 2 rings (SSSR count). The van der Waals surface area contributed by atoms with Crippen LogP contribution in [0.15, 0.2) is 48.5 Å². The van der Waals surface area contributed by atoms with Crippen molar-refractivity contribution >= 4 is 0 Å². The first-order valence-corrected chi connectivity index (χ1v) is 6.87. The molecule has 19 heavy (non-hydrogen) atoms. The van der Waals surface area contributed by atoms with Crippen molar-refractivity contribution in [2.24, 2.45) is 5.73 Å². The van der Waals surface area contributed by atoms with Gasteiger partial charge in [-0.1, -0.05) is 61.0 Å². The van der Waals surface area contributed by atoms with Gasteiger partial charge in [-0.15, -0.1) is 0 Å². The number of rotatable bonds is 4. The summed E-state index contributed by atoms with van der Waals surface area (Å²) in [5, 5.41) is 0. The van der Waals surface area contributed by atoms with Crippen molar-refractivity contribution in [3.8, 4) is 0 Å².